The van der Waals surface area contributed by atoms with Crippen LogP contribution in [0.3, 0.4) is 0 Å². The van der Waals surface area contributed by atoms with Gasteiger partial charge in [-0.1, -0.05) is 11.6 Å². The van der Waals surface area contributed by atoms with E-state index in [0.717, 1.165) is 0 Å². The van der Waals surface area contributed by atoms with Crippen LogP contribution in [0.4, 0.5) is 0 Å². The molecule has 0 spiro atoms. The van der Waals surface area contributed by atoms with E-state index in [1.807, 2.05) is 0 Å². The number of hydrogen-bond acceptors (Lipinski definition) is 3. The second-order valence-electron chi connectivity index (χ2n) is 3.38. The zero-order chi connectivity index (χ0) is 13.0. The number of nitrogens with one attached hydrogen (secondary N) is 1. The second-order valence-corrected chi connectivity index (χ2v) is 3.82. The van der Waals surface area contributed by atoms with Crippen LogP contribution in [0.2, 0.25) is 5.02 Å². The van der Waals surface area contributed by atoms with Crippen LogP contribution in [0.15, 0.2) is 12.1 Å². The van der Waals surface area contributed by atoms with Gasteiger partial charge in [0.25, 0.3) is 5.91 Å². The molecule has 0 fully saturated rings. The molecule has 0 unspecified atom stereocenters. The second kappa shape index (κ2) is 5.54. The molecular formula is C11H12ClNO4. The number of carboxylic acid groups (broad SMARTS) is 1. The number of carbonyl (C=O) groups is 2. The van der Waals surface area contributed by atoms with E-state index in [-0.39, 0.29) is 5.56 Å². The predicted octanol–water partition coefficient (Wildman–Crippen LogP) is 1.47. The summed E-state index contributed by atoms with van der Waals surface area (Å²) in [4.78, 5) is 22.1. The molecule has 0 aliphatic rings. The Balaban J connectivity index is 3.03. The lowest BCUT2D eigenvalue weighted by molar-refractivity contribution is -0.135. The van der Waals surface area contributed by atoms with Crippen LogP contribution >= 0.6 is 11.6 Å². The lowest BCUT2D eigenvalue weighted by atomic mass is 10.1. The van der Waals surface area contributed by atoms with E-state index in [2.05, 4.69) is 5.32 Å². The Morgan fingerprint density at radius 2 is 2.12 bits per heavy atom. The number of aliphatic carboxylic acids is 1. The molecule has 17 heavy (non-hydrogen) atoms. The van der Waals surface area contributed by atoms with Gasteiger partial charge in [-0.25, -0.2) is 0 Å². The quantitative estimate of drug-likeness (QED) is 0.857. The molecular weight excluding hydrogens is 246 g/mol. The summed E-state index contributed by atoms with van der Waals surface area (Å²) in [5, 5.41) is 11.1. The van der Waals surface area contributed by atoms with Crippen LogP contribution < -0.4 is 10.1 Å². The minimum atomic E-state index is -1.11. The summed E-state index contributed by atoms with van der Waals surface area (Å²) < 4.78 is 5.09. The monoisotopic (exact) mass is 257 g/mol. The van der Waals surface area contributed by atoms with Gasteiger partial charge in [-0.05, 0) is 24.6 Å². The number of halogens is 1. The fourth-order valence-electron chi connectivity index (χ4n) is 1.42. The van der Waals surface area contributed by atoms with Gasteiger partial charge in [-0.3, -0.25) is 9.59 Å². The fraction of sp³-hybridized carbons (Fsp3) is 0.273. The first kappa shape index (κ1) is 13.3. The molecule has 0 heterocycles. The third-order valence-corrected chi connectivity index (χ3v) is 2.31. The lowest BCUT2D eigenvalue weighted by Crippen LogP contribution is -2.29. The average molecular weight is 258 g/mol. The summed E-state index contributed by atoms with van der Waals surface area (Å²) in [7, 11) is 1.43. The van der Waals surface area contributed by atoms with Crippen LogP contribution in [0, 0.1) is 6.92 Å². The Morgan fingerprint density at radius 3 is 2.65 bits per heavy atom. The molecule has 1 amide bonds. The van der Waals surface area contributed by atoms with Crippen LogP contribution in [0.25, 0.3) is 0 Å². The van der Waals surface area contributed by atoms with E-state index in [4.69, 9.17) is 21.4 Å². The van der Waals surface area contributed by atoms with Crippen LogP contribution in [-0.4, -0.2) is 30.6 Å². The zero-order valence-electron chi connectivity index (χ0n) is 9.41. The summed E-state index contributed by atoms with van der Waals surface area (Å²) in [5.74, 6) is -1.26. The van der Waals surface area contributed by atoms with Gasteiger partial charge in [0.2, 0.25) is 0 Å². The van der Waals surface area contributed by atoms with Gasteiger partial charge >= 0.3 is 5.97 Å². The van der Waals surface area contributed by atoms with Crippen molar-refractivity contribution in [1.29, 1.82) is 0 Å². The highest BCUT2D eigenvalue weighted by molar-refractivity contribution is 6.31. The fourth-order valence-corrected chi connectivity index (χ4v) is 1.69. The van der Waals surface area contributed by atoms with E-state index < -0.39 is 18.4 Å². The van der Waals surface area contributed by atoms with Crippen molar-refractivity contribution in [3.63, 3.8) is 0 Å². The number of methoxy groups -OCH3 is 1. The summed E-state index contributed by atoms with van der Waals surface area (Å²) in [6.07, 6.45) is 0. The van der Waals surface area contributed by atoms with Crippen molar-refractivity contribution in [3.8, 4) is 5.75 Å². The lowest BCUT2D eigenvalue weighted by Gasteiger charge is -2.11. The Kier molecular flexibility index (Phi) is 4.34. The highest BCUT2D eigenvalue weighted by atomic mass is 35.5. The number of carbonyl (C=O) groups excluding carboxylic acids is 1. The van der Waals surface area contributed by atoms with Crippen molar-refractivity contribution < 1.29 is 19.4 Å². The number of hydrogen-bond donors (Lipinski definition) is 2. The number of ether oxygens (including phenoxy) is 1. The molecule has 0 radical (unpaired) electrons. The molecule has 0 aromatic heterocycles. The van der Waals surface area contributed by atoms with E-state index >= 15 is 0 Å². The molecule has 5 nitrogen and oxygen atoms in total. The molecule has 1 rings (SSSR count). The van der Waals surface area contributed by atoms with Crippen molar-refractivity contribution in [1.82, 2.24) is 5.32 Å². The van der Waals surface area contributed by atoms with Crippen molar-refractivity contribution in [2.75, 3.05) is 13.7 Å². The van der Waals surface area contributed by atoms with Gasteiger partial charge in [0.1, 0.15) is 12.3 Å². The number of carboxylic acids is 1. The normalized spacial score (nSPS) is 9.82. The molecule has 0 saturated carbocycles. The topological polar surface area (TPSA) is 75.6 Å². The molecule has 92 valence electrons. The maximum Gasteiger partial charge on any atom is 0.322 e. The van der Waals surface area contributed by atoms with E-state index in [0.29, 0.717) is 16.3 Å². The standard InChI is InChI=1S/C11H12ClNO4/c1-6-3-7(12)4-8(10(6)17-2)11(16)13-5-9(14)15/h3-4H,5H2,1-2H3,(H,13,16)(H,14,15). The van der Waals surface area contributed by atoms with Gasteiger partial charge in [0.05, 0.1) is 12.7 Å². The van der Waals surface area contributed by atoms with E-state index in [9.17, 15) is 9.59 Å². The van der Waals surface area contributed by atoms with Crippen molar-refractivity contribution in [3.05, 3.63) is 28.3 Å². The van der Waals surface area contributed by atoms with Crippen LogP contribution in [0.1, 0.15) is 15.9 Å². The van der Waals surface area contributed by atoms with Crippen LogP contribution in [0.5, 0.6) is 5.75 Å². The molecule has 1 aromatic rings. The van der Waals surface area contributed by atoms with Gasteiger partial charge in [-0.15, -0.1) is 0 Å². The highest BCUT2D eigenvalue weighted by Crippen LogP contribution is 2.27. The van der Waals surface area contributed by atoms with Gasteiger partial charge in [0, 0.05) is 5.02 Å². The number of benzene rings is 1. The Hall–Kier alpha value is -1.75. The summed E-state index contributed by atoms with van der Waals surface area (Å²) in [5.41, 5.74) is 0.930. The number of rotatable bonds is 4. The zero-order valence-corrected chi connectivity index (χ0v) is 10.2. The first-order chi connectivity index (χ1) is 7.95. The first-order valence-corrected chi connectivity index (χ1v) is 5.17. The van der Waals surface area contributed by atoms with Gasteiger partial charge in [-0.2, -0.15) is 0 Å². The van der Waals surface area contributed by atoms with Gasteiger partial charge < -0.3 is 15.2 Å². The molecule has 0 aliphatic carbocycles. The minimum Gasteiger partial charge on any atom is -0.496 e. The Labute approximate surface area is 103 Å². The molecule has 2 N–H and O–H groups in total. The third-order valence-electron chi connectivity index (χ3n) is 2.09. The molecule has 1 aromatic carbocycles. The smallest absolute Gasteiger partial charge is 0.322 e. The Morgan fingerprint density at radius 1 is 1.47 bits per heavy atom. The molecule has 0 saturated heterocycles. The maximum atomic E-state index is 11.7. The van der Waals surface area contributed by atoms with Crippen molar-refractivity contribution in [2.24, 2.45) is 0 Å². The van der Waals surface area contributed by atoms with Gasteiger partial charge in [0.15, 0.2) is 0 Å². The van der Waals surface area contributed by atoms with E-state index in [1.54, 1.807) is 13.0 Å². The largest absolute Gasteiger partial charge is 0.496 e. The molecule has 6 heteroatoms. The highest BCUT2D eigenvalue weighted by Gasteiger charge is 2.16. The first-order valence-electron chi connectivity index (χ1n) is 4.80. The predicted molar refractivity (Wildman–Crippen MR) is 62.7 cm³/mol. The van der Waals surface area contributed by atoms with Crippen molar-refractivity contribution in [2.45, 2.75) is 6.92 Å². The number of aryl methyl sites for hydroxylation is 1. The molecule has 0 aliphatic heterocycles. The minimum absolute atomic E-state index is 0.221. The van der Waals surface area contributed by atoms with Crippen molar-refractivity contribution >= 4 is 23.5 Å². The molecule has 0 bridgehead atoms. The summed E-state index contributed by atoms with van der Waals surface area (Å²) in [6.45, 7) is 1.30. The molecule has 0 atom stereocenters. The summed E-state index contributed by atoms with van der Waals surface area (Å²) >= 11 is 5.83. The number of amides is 1. The third kappa shape index (κ3) is 3.35. The van der Waals surface area contributed by atoms with E-state index in [1.165, 1.54) is 13.2 Å². The maximum absolute atomic E-state index is 11.7. The van der Waals surface area contributed by atoms with Crippen LogP contribution in [-0.2, 0) is 4.79 Å². The average Bonchev–Trinajstić information content (AvgIpc) is 2.24. The Bertz CT molecular complexity index is 459. The summed E-state index contributed by atoms with van der Waals surface area (Å²) in [6, 6.07) is 3.10. The SMILES string of the molecule is COc1c(C)cc(Cl)cc1C(=O)NCC(=O)O.